The summed E-state index contributed by atoms with van der Waals surface area (Å²) in [5.41, 5.74) is 2.85. The van der Waals surface area contributed by atoms with Crippen molar-refractivity contribution in [2.45, 2.75) is 19.5 Å². The largest absolute Gasteiger partial charge is 0.339 e. The molecule has 0 spiro atoms. The number of hydrogen-bond acceptors (Lipinski definition) is 5. The van der Waals surface area contributed by atoms with Gasteiger partial charge in [-0.3, -0.25) is 10.1 Å². The highest BCUT2D eigenvalue weighted by atomic mass is 35.5. The normalized spacial score (nSPS) is 17.8. The second-order valence-electron chi connectivity index (χ2n) is 3.83. The van der Waals surface area contributed by atoms with Crippen LogP contribution in [0, 0.1) is 6.92 Å². The van der Waals surface area contributed by atoms with Crippen LogP contribution in [0.5, 0.6) is 0 Å². The van der Waals surface area contributed by atoms with E-state index in [2.05, 4.69) is 10.3 Å². The summed E-state index contributed by atoms with van der Waals surface area (Å²) in [5.74, 6) is 1.94. The van der Waals surface area contributed by atoms with E-state index in [4.69, 9.17) is 0 Å². The topological polar surface area (TPSA) is 45.2 Å². The maximum Gasteiger partial charge on any atom is 0.240 e. The third-order valence-corrected chi connectivity index (χ3v) is 4.48. The zero-order valence-electron chi connectivity index (χ0n) is 10.2. The molecule has 104 valence electrons. The number of aryl methyl sites for hydroxylation is 1. The highest BCUT2D eigenvalue weighted by Crippen LogP contribution is 2.16. The van der Waals surface area contributed by atoms with Crippen molar-refractivity contribution in [2.75, 3.05) is 18.7 Å². The number of nitrogens with one attached hydrogen (secondary N) is 1. The standard InChI is InChI=1S/C10H15N3OS2.2ClH/c1-7-9(16-6-11-7)3-13(2)10(14)8-4-15-5-12-8;;/h6,8,12H,3-5H2,1-2H3;2*1H. The summed E-state index contributed by atoms with van der Waals surface area (Å²) in [5, 5.41) is 3.19. The molecule has 1 aliphatic rings. The van der Waals surface area contributed by atoms with Crippen molar-refractivity contribution in [2.24, 2.45) is 0 Å². The van der Waals surface area contributed by atoms with Gasteiger partial charge in [0.15, 0.2) is 0 Å². The van der Waals surface area contributed by atoms with Gasteiger partial charge in [-0.05, 0) is 6.92 Å². The van der Waals surface area contributed by atoms with E-state index >= 15 is 0 Å². The molecule has 1 amide bonds. The highest BCUT2D eigenvalue weighted by molar-refractivity contribution is 7.99. The Hall–Kier alpha value is -0.0100. The van der Waals surface area contributed by atoms with Crippen molar-refractivity contribution < 1.29 is 4.79 Å². The number of likely N-dealkylation sites (N-methyl/N-ethyl adjacent to an activating group) is 1. The van der Waals surface area contributed by atoms with Gasteiger partial charge in [0.1, 0.15) is 0 Å². The number of thiazole rings is 1. The lowest BCUT2D eigenvalue weighted by molar-refractivity contribution is -0.131. The van der Waals surface area contributed by atoms with E-state index < -0.39 is 0 Å². The Labute approximate surface area is 128 Å². The molecule has 1 N–H and O–H groups in total. The van der Waals surface area contributed by atoms with Crippen molar-refractivity contribution in [1.82, 2.24) is 15.2 Å². The number of carbonyl (C=O) groups is 1. The summed E-state index contributed by atoms with van der Waals surface area (Å²) in [6.45, 7) is 2.64. The minimum Gasteiger partial charge on any atom is -0.339 e. The Balaban J connectivity index is 0.00000144. The summed E-state index contributed by atoms with van der Waals surface area (Å²) in [4.78, 5) is 19.2. The van der Waals surface area contributed by atoms with Crippen LogP contribution in [-0.2, 0) is 11.3 Å². The lowest BCUT2D eigenvalue weighted by Crippen LogP contribution is -2.42. The number of halogens is 2. The van der Waals surface area contributed by atoms with Crippen LogP contribution in [0.4, 0.5) is 0 Å². The molecule has 4 nitrogen and oxygen atoms in total. The first-order chi connectivity index (χ1) is 7.68. The maximum absolute atomic E-state index is 12.0. The average Bonchev–Trinajstić information content (AvgIpc) is 2.89. The fourth-order valence-electron chi connectivity index (χ4n) is 1.59. The Morgan fingerprint density at radius 2 is 2.33 bits per heavy atom. The summed E-state index contributed by atoms with van der Waals surface area (Å²) >= 11 is 3.38. The smallest absolute Gasteiger partial charge is 0.240 e. The van der Waals surface area contributed by atoms with Gasteiger partial charge in [-0.1, -0.05) is 0 Å². The second kappa shape index (κ2) is 8.22. The van der Waals surface area contributed by atoms with Crippen molar-refractivity contribution in [3.05, 3.63) is 16.1 Å². The van der Waals surface area contributed by atoms with E-state index in [-0.39, 0.29) is 36.8 Å². The highest BCUT2D eigenvalue weighted by Gasteiger charge is 2.25. The van der Waals surface area contributed by atoms with Crippen molar-refractivity contribution >= 4 is 53.8 Å². The SMILES string of the molecule is Cc1ncsc1CN(C)C(=O)C1CSCN1.Cl.Cl. The molecule has 1 aromatic heterocycles. The molecule has 2 rings (SSSR count). The second-order valence-corrected chi connectivity index (χ2v) is 5.80. The van der Waals surface area contributed by atoms with Gasteiger partial charge in [-0.2, -0.15) is 0 Å². The molecule has 1 saturated heterocycles. The third kappa shape index (κ3) is 4.28. The van der Waals surface area contributed by atoms with E-state index in [0.717, 1.165) is 17.3 Å². The van der Waals surface area contributed by atoms with E-state index in [1.165, 1.54) is 4.88 Å². The minimum atomic E-state index is -0.0109. The molecule has 0 aromatic carbocycles. The van der Waals surface area contributed by atoms with Crippen molar-refractivity contribution in [1.29, 1.82) is 0 Å². The molecule has 1 unspecified atom stereocenters. The Kier molecular flexibility index (Phi) is 8.21. The number of carbonyl (C=O) groups excluding carboxylic acids is 1. The third-order valence-electron chi connectivity index (χ3n) is 2.62. The van der Waals surface area contributed by atoms with Crippen LogP contribution in [0.2, 0.25) is 0 Å². The molecule has 8 heteroatoms. The molecule has 18 heavy (non-hydrogen) atoms. The van der Waals surface area contributed by atoms with Gasteiger partial charge >= 0.3 is 0 Å². The molecule has 1 aromatic rings. The Morgan fingerprint density at radius 3 is 2.83 bits per heavy atom. The van der Waals surface area contributed by atoms with Crippen LogP contribution >= 0.6 is 47.9 Å². The van der Waals surface area contributed by atoms with Gasteiger partial charge in [-0.25, -0.2) is 4.98 Å². The Bertz CT molecular complexity index is 383. The molecule has 1 fully saturated rings. The van der Waals surface area contributed by atoms with Crippen molar-refractivity contribution in [3.8, 4) is 0 Å². The number of amides is 1. The number of hydrogen-bond donors (Lipinski definition) is 1. The number of thioether (sulfide) groups is 1. The van der Waals surface area contributed by atoms with Crippen LogP contribution in [-0.4, -0.2) is 40.5 Å². The van der Waals surface area contributed by atoms with Crippen LogP contribution < -0.4 is 5.32 Å². The van der Waals surface area contributed by atoms with Crippen molar-refractivity contribution in [3.63, 3.8) is 0 Å². The fraction of sp³-hybridized carbons (Fsp3) is 0.600. The lowest BCUT2D eigenvalue weighted by Gasteiger charge is -2.20. The minimum absolute atomic E-state index is 0. The molecule has 0 aliphatic carbocycles. The number of nitrogens with zero attached hydrogens (tertiary/aromatic N) is 2. The zero-order chi connectivity index (χ0) is 11.5. The lowest BCUT2D eigenvalue weighted by atomic mass is 10.3. The molecule has 1 atom stereocenters. The molecule has 0 saturated carbocycles. The zero-order valence-corrected chi connectivity index (χ0v) is 13.5. The Morgan fingerprint density at radius 1 is 1.61 bits per heavy atom. The van der Waals surface area contributed by atoms with E-state index in [9.17, 15) is 4.79 Å². The van der Waals surface area contributed by atoms with E-state index in [1.54, 1.807) is 28.0 Å². The average molecular weight is 330 g/mol. The molecule has 1 aliphatic heterocycles. The molecular weight excluding hydrogens is 313 g/mol. The first-order valence-corrected chi connectivity index (χ1v) is 7.17. The molecule has 0 bridgehead atoms. The van der Waals surface area contributed by atoms with Gasteiger partial charge in [0.2, 0.25) is 5.91 Å². The molecule has 0 radical (unpaired) electrons. The molecule has 2 heterocycles. The van der Waals surface area contributed by atoms with Crippen LogP contribution in [0.3, 0.4) is 0 Å². The van der Waals surface area contributed by atoms with Gasteiger partial charge in [0, 0.05) is 23.6 Å². The van der Waals surface area contributed by atoms with Gasteiger partial charge in [-0.15, -0.1) is 47.9 Å². The quantitative estimate of drug-likeness (QED) is 0.920. The maximum atomic E-state index is 12.0. The van der Waals surface area contributed by atoms with Gasteiger partial charge < -0.3 is 4.90 Å². The predicted octanol–water partition coefficient (Wildman–Crippen LogP) is 1.92. The number of rotatable bonds is 3. The molecular formula is C10H17Cl2N3OS2. The first kappa shape index (κ1) is 18.0. The van der Waals surface area contributed by atoms with Crippen LogP contribution in [0.1, 0.15) is 10.6 Å². The first-order valence-electron chi connectivity index (χ1n) is 5.13. The fourth-order valence-corrected chi connectivity index (χ4v) is 3.35. The van der Waals surface area contributed by atoms with E-state index in [0.29, 0.717) is 6.54 Å². The predicted molar refractivity (Wildman–Crippen MR) is 82.1 cm³/mol. The summed E-state index contributed by atoms with van der Waals surface area (Å²) in [6.07, 6.45) is 0. The van der Waals surface area contributed by atoms with Gasteiger partial charge in [0.25, 0.3) is 0 Å². The van der Waals surface area contributed by atoms with Gasteiger partial charge in [0.05, 0.1) is 23.8 Å². The summed E-state index contributed by atoms with van der Waals surface area (Å²) in [6, 6.07) is -0.0109. The summed E-state index contributed by atoms with van der Waals surface area (Å²) in [7, 11) is 1.85. The monoisotopic (exact) mass is 329 g/mol. The van der Waals surface area contributed by atoms with E-state index in [1.807, 2.05) is 19.5 Å². The number of aromatic nitrogens is 1. The van der Waals surface area contributed by atoms with Crippen LogP contribution in [0.15, 0.2) is 5.51 Å². The summed E-state index contributed by atoms with van der Waals surface area (Å²) < 4.78 is 0. The van der Waals surface area contributed by atoms with Crippen LogP contribution in [0.25, 0.3) is 0 Å².